The number of amides is 1. The van der Waals surface area contributed by atoms with Crippen LogP contribution in [0.4, 0.5) is 10.1 Å². The van der Waals surface area contributed by atoms with Crippen LogP contribution < -0.4 is 4.90 Å². The zero-order valence-electron chi connectivity index (χ0n) is 19.3. The summed E-state index contributed by atoms with van der Waals surface area (Å²) in [6.45, 7) is 3.57. The van der Waals surface area contributed by atoms with Gasteiger partial charge in [-0.2, -0.15) is 0 Å². The quantitative estimate of drug-likeness (QED) is 0.440. The van der Waals surface area contributed by atoms with Gasteiger partial charge >= 0.3 is 0 Å². The Morgan fingerprint density at radius 1 is 0.909 bits per heavy atom. The first kappa shape index (κ1) is 22.1. The van der Waals surface area contributed by atoms with Crippen LogP contribution in [0.1, 0.15) is 50.0 Å². The van der Waals surface area contributed by atoms with Gasteiger partial charge in [0.05, 0.1) is 0 Å². The van der Waals surface area contributed by atoms with Gasteiger partial charge in [0.1, 0.15) is 5.82 Å². The lowest BCUT2D eigenvalue weighted by molar-refractivity contribution is -0.123. The van der Waals surface area contributed by atoms with Crippen molar-refractivity contribution in [2.75, 3.05) is 31.1 Å². The maximum atomic E-state index is 13.5. The molecule has 172 valence electrons. The number of nitrogens with zero attached hydrogens (tertiary/aromatic N) is 2. The van der Waals surface area contributed by atoms with E-state index in [9.17, 15) is 9.18 Å². The van der Waals surface area contributed by atoms with Gasteiger partial charge < -0.3 is 9.80 Å². The molecule has 1 heterocycles. The third-order valence-corrected chi connectivity index (χ3v) is 7.52. The zero-order chi connectivity index (χ0) is 22.6. The molecular weight excluding hydrogens is 411 g/mol. The summed E-state index contributed by atoms with van der Waals surface area (Å²) < 4.78 is 13.5. The zero-order valence-corrected chi connectivity index (χ0v) is 19.3. The molecule has 0 spiro atoms. The SMILES string of the molecule is O=C(C1CCCCC1)N(CCN1CCC(c2ccc3ccccc3c2)C1)c1ccc(F)cc1. The molecule has 0 bridgehead atoms. The van der Waals surface area contributed by atoms with E-state index in [4.69, 9.17) is 0 Å². The standard InChI is InChI=1S/C29H33FN2O/c30-27-12-14-28(15-13-27)32(29(33)23-7-2-1-3-8-23)19-18-31-17-16-26(21-31)25-11-10-22-6-4-5-9-24(22)20-25/h4-6,9-15,20,23,26H,1-3,7-8,16-19,21H2. The summed E-state index contributed by atoms with van der Waals surface area (Å²) in [5.74, 6) is 0.587. The molecule has 1 amide bonds. The third-order valence-electron chi connectivity index (χ3n) is 7.52. The van der Waals surface area contributed by atoms with Gasteiger partial charge in [0.2, 0.25) is 5.91 Å². The first-order chi connectivity index (χ1) is 16.2. The number of carbonyl (C=O) groups excluding carboxylic acids is 1. The van der Waals surface area contributed by atoms with Crippen LogP contribution in [0.2, 0.25) is 0 Å². The lowest BCUT2D eigenvalue weighted by Crippen LogP contribution is -2.42. The van der Waals surface area contributed by atoms with E-state index in [0.29, 0.717) is 12.5 Å². The summed E-state index contributed by atoms with van der Waals surface area (Å²) in [5.41, 5.74) is 2.22. The topological polar surface area (TPSA) is 23.6 Å². The first-order valence-electron chi connectivity index (χ1n) is 12.5. The predicted molar refractivity (Wildman–Crippen MR) is 133 cm³/mol. The van der Waals surface area contributed by atoms with E-state index in [-0.39, 0.29) is 17.6 Å². The van der Waals surface area contributed by atoms with Crippen LogP contribution in [0.15, 0.2) is 66.7 Å². The number of hydrogen-bond acceptors (Lipinski definition) is 2. The summed E-state index contributed by atoms with van der Waals surface area (Å²) >= 11 is 0. The highest BCUT2D eigenvalue weighted by Gasteiger charge is 2.29. The van der Waals surface area contributed by atoms with Crippen LogP contribution in [-0.2, 0) is 4.79 Å². The second kappa shape index (κ2) is 10.0. The normalized spacial score (nSPS) is 19.7. The lowest BCUT2D eigenvalue weighted by atomic mass is 9.88. The molecule has 4 heteroatoms. The highest BCUT2D eigenvalue weighted by molar-refractivity contribution is 5.95. The minimum atomic E-state index is -0.262. The second-order valence-electron chi connectivity index (χ2n) is 9.69. The Morgan fingerprint density at radius 2 is 1.67 bits per heavy atom. The Labute approximate surface area is 196 Å². The average molecular weight is 445 g/mol. The van der Waals surface area contributed by atoms with Gasteiger partial charge in [-0.25, -0.2) is 4.39 Å². The summed E-state index contributed by atoms with van der Waals surface area (Å²) in [5, 5.41) is 2.58. The number of hydrogen-bond donors (Lipinski definition) is 0. The number of rotatable bonds is 6. The fourth-order valence-electron chi connectivity index (χ4n) is 5.57. The Kier molecular flexibility index (Phi) is 6.73. The molecule has 0 N–H and O–H groups in total. The number of fused-ring (bicyclic) bond motifs is 1. The van der Waals surface area contributed by atoms with Gasteiger partial charge in [-0.3, -0.25) is 4.79 Å². The first-order valence-corrected chi connectivity index (χ1v) is 12.5. The predicted octanol–water partition coefficient (Wildman–Crippen LogP) is 6.38. The fourth-order valence-corrected chi connectivity index (χ4v) is 5.57. The number of carbonyl (C=O) groups is 1. The molecular formula is C29H33FN2O. The molecule has 1 unspecified atom stereocenters. The molecule has 3 aromatic rings. The molecule has 1 atom stereocenters. The molecule has 5 rings (SSSR count). The Morgan fingerprint density at radius 3 is 2.45 bits per heavy atom. The molecule has 1 aliphatic heterocycles. The van der Waals surface area contributed by atoms with Gasteiger partial charge in [0, 0.05) is 31.2 Å². The molecule has 0 aromatic heterocycles. The van der Waals surface area contributed by atoms with Crippen LogP contribution in [0, 0.1) is 11.7 Å². The molecule has 1 saturated carbocycles. The van der Waals surface area contributed by atoms with Crippen molar-refractivity contribution in [3.63, 3.8) is 0 Å². The fraction of sp³-hybridized carbons (Fsp3) is 0.414. The largest absolute Gasteiger partial charge is 0.311 e. The minimum Gasteiger partial charge on any atom is -0.311 e. The van der Waals surface area contributed by atoms with E-state index >= 15 is 0 Å². The molecule has 1 saturated heterocycles. The van der Waals surface area contributed by atoms with Crippen LogP contribution in [0.3, 0.4) is 0 Å². The summed E-state index contributed by atoms with van der Waals surface area (Å²) in [6.07, 6.45) is 6.59. The van der Waals surface area contributed by atoms with Crippen molar-refractivity contribution < 1.29 is 9.18 Å². The van der Waals surface area contributed by atoms with Crippen molar-refractivity contribution >= 4 is 22.4 Å². The number of halogens is 1. The van der Waals surface area contributed by atoms with Crippen LogP contribution in [0.25, 0.3) is 10.8 Å². The summed E-state index contributed by atoms with van der Waals surface area (Å²) in [4.78, 5) is 17.8. The number of anilines is 1. The lowest BCUT2D eigenvalue weighted by Gasteiger charge is -2.31. The minimum absolute atomic E-state index is 0.104. The average Bonchev–Trinajstić information content (AvgIpc) is 3.34. The van der Waals surface area contributed by atoms with E-state index in [1.807, 2.05) is 4.90 Å². The maximum absolute atomic E-state index is 13.5. The molecule has 33 heavy (non-hydrogen) atoms. The second-order valence-corrected chi connectivity index (χ2v) is 9.69. The van der Waals surface area contributed by atoms with Gasteiger partial charge in [-0.1, -0.05) is 61.7 Å². The van der Waals surface area contributed by atoms with Crippen LogP contribution in [0.5, 0.6) is 0 Å². The molecule has 3 nitrogen and oxygen atoms in total. The smallest absolute Gasteiger partial charge is 0.230 e. The molecule has 0 radical (unpaired) electrons. The number of benzene rings is 3. The van der Waals surface area contributed by atoms with Gasteiger partial charge in [0.25, 0.3) is 0 Å². The van der Waals surface area contributed by atoms with E-state index < -0.39 is 0 Å². The molecule has 2 aliphatic rings. The Bertz CT molecular complexity index is 1090. The highest BCUT2D eigenvalue weighted by Crippen LogP contribution is 2.31. The van der Waals surface area contributed by atoms with E-state index in [0.717, 1.165) is 57.4 Å². The van der Waals surface area contributed by atoms with Crippen molar-refractivity contribution in [1.82, 2.24) is 4.90 Å². The summed E-state index contributed by atoms with van der Waals surface area (Å²) in [6, 6.07) is 21.8. The van der Waals surface area contributed by atoms with Crippen molar-refractivity contribution in [2.45, 2.75) is 44.4 Å². The van der Waals surface area contributed by atoms with Gasteiger partial charge in [0.15, 0.2) is 0 Å². The van der Waals surface area contributed by atoms with Crippen molar-refractivity contribution in [2.24, 2.45) is 5.92 Å². The van der Waals surface area contributed by atoms with E-state index in [2.05, 4.69) is 47.4 Å². The van der Waals surface area contributed by atoms with Crippen LogP contribution >= 0.6 is 0 Å². The van der Waals surface area contributed by atoms with Gasteiger partial charge in [-0.15, -0.1) is 0 Å². The van der Waals surface area contributed by atoms with Crippen molar-refractivity contribution in [3.8, 4) is 0 Å². The monoisotopic (exact) mass is 444 g/mol. The number of likely N-dealkylation sites (tertiary alicyclic amines) is 1. The van der Waals surface area contributed by atoms with E-state index in [1.54, 1.807) is 12.1 Å². The Balaban J connectivity index is 1.25. The maximum Gasteiger partial charge on any atom is 0.230 e. The van der Waals surface area contributed by atoms with Crippen molar-refractivity contribution in [3.05, 3.63) is 78.1 Å². The molecule has 3 aromatic carbocycles. The third kappa shape index (κ3) is 5.11. The van der Waals surface area contributed by atoms with E-state index in [1.165, 1.54) is 34.9 Å². The molecule has 2 fully saturated rings. The van der Waals surface area contributed by atoms with Gasteiger partial charge in [-0.05, 0) is 72.3 Å². The Hall–Kier alpha value is -2.72. The summed E-state index contributed by atoms with van der Waals surface area (Å²) in [7, 11) is 0. The molecule has 1 aliphatic carbocycles. The highest BCUT2D eigenvalue weighted by atomic mass is 19.1. The van der Waals surface area contributed by atoms with Crippen molar-refractivity contribution in [1.29, 1.82) is 0 Å². The van der Waals surface area contributed by atoms with Crippen LogP contribution in [-0.4, -0.2) is 37.0 Å².